The first-order valence-electron chi connectivity index (χ1n) is 4.05. The fraction of sp³-hybridized carbons (Fsp3) is 0.400. The van der Waals surface area contributed by atoms with Crippen LogP contribution in [0.2, 0.25) is 0 Å². The molecule has 0 spiro atoms. The van der Waals surface area contributed by atoms with Gasteiger partial charge >= 0.3 is 0 Å². The molecule has 0 atom stereocenters. The van der Waals surface area contributed by atoms with Crippen molar-refractivity contribution < 1.29 is 0 Å². The minimum atomic E-state index is 0.543. The van der Waals surface area contributed by atoms with Crippen molar-refractivity contribution in [3.63, 3.8) is 0 Å². The molecule has 0 aliphatic carbocycles. The second-order valence-electron chi connectivity index (χ2n) is 3.15. The van der Waals surface area contributed by atoms with Crippen LogP contribution < -0.4 is 5.73 Å². The van der Waals surface area contributed by atoms with Crippen molar-refractivity contribution in [1.82, 2.24) is 0 Å². The van der Waals surface area contributed by atoms with Gasteiger partial charge in [0.25, 0.3) is 0 Å². The highest BCUT2D eigenvalue weighted by Gasteiger charge is 2.02. The monoisotopic (exact) mass is 226 g/mol. The van der Waals surface area contributed by atoms with Crippen LogP contribution in [0, 0.1) is 6.07 Å². The van der Waals surface area contributed by atoms with Crippen LogP contribution in [0.15, 0.2) is 16.6 Å². The van der Waals surface area contributed by atoms with Gasteiger partial charge in [0.1, 0.15) is 0 Å². The van der Waals surface area contributed by atoms with E-state index in [0.717, 1.165) is 10.0 Å². The Kier molecular flexibility index (Phi) is 3.29. The minimum Gasteiger partial charge on any atom is -0.326 e. The van der Waals surface area contributed by atoms with Crippen LogP contribution in [0.3, 0.4) is 0 Å². The Balaban J connectivity index is 3.06. The molecule has 0 bridgehead atoms. The largest absolute Gasteiger partial charge is 0.326 e. The van der Waals surface area contributed by atoms with Gasteiger partial charge in [0, 0.05) is 17.1 Å². The summed E-state index contributed by atoms with van der Waals surface area (Å²) in [6, 6.07) is 7.34. The Bertz CT molecular complexity index is 269. The van der Waals surface area contributed by atoms with Crippen molar-refractivity contribution in [1.29, 1.82) is 0 Å². The van der Waals surface area contributed by atoms with Gasteiger partial charge < -0.3 is 5.73 Å². The molecule has 0 fully saturated rings. The molecule has 12 heavy (non-hydrogen) atoms. The van der Waals surface area contributed by atoms with E-state index in [4.69, 9.17) is 5.73 Å². The third-order valence-electron chi connectivity index (χ3n) is 1.80. The van der Waals surface area contributed by atoms with E-state index in [2.05, 4.69) is 48.0 Å². The first-order chi connectivity index (χ1) is 5.63. The van der Waals surface area contributed by atoms with Crippen LogP contribution in [-0.2, 0) is 6.54 Å². The maximum absolute atomic E-state index is 5.54. The number of benzene rings is 1. The molecule has 0 saturated carbocycles. The summed E-state index contributed by atoms with van der Waals surface area (Å²) in [5, 5.41) is 0. The summed E-state index contributed by atoms with van der Waals surface area (Å²) in [5.41, 5.74) is 7.91. The Hall–Kier alpha value is -0.340. The SMILES string of the molecule is CC(C)c1cc(Br)[c]c(CN)c1. The lowest BCUT2D eigenvalue weighted by atomic mass is 10.0. The fourth-order valence-electron chi connectivity index (χ4n) is 1.06. The quantitative estimate of drug-likeness (QED) is 0.825. The number of hydrogen-bond acceptors (Lipinski definition) is 1. The van der Waals surface area contributed by atoms with Gasteiger partial charge in [0.2, 0.25) is 0 Å². The molecule has 1 rings (SSSR count). The minimum absolute atomic E-state index is 0.543. The van der Waals surface area contributed by atoms with Gasteiger partial charge in [0.15, 0.2) is 0 Å². The van der Waals surface area contributed by atoms with Crippen molar-refractivity contribution in [3.8, 4) is 0 Å². The summed E-state index contributed by atoms with van der Waals surface area (Å²) in [6.07, 6.45) is 0. The number of nitrogens with two attached hydrogens (primary N) is 1. The van der Waals surface area contributed by atoms with E-state index in [0.29, 0.717) is 12.5 Å². The second-order valence-corrected chi connectivity index (χ2v) is 4.00. The molecule has 2 heteroatoms. The lowest BCUT2D eigenvalue weighted by Gasteiger charge is -2.07. The highest BCUT2D eigenvalue weighted by atomic mass is 79.9. The van der Waals surface area contributed by atoms with Crippen molar-refractivity contribution in [2.45, 2.75) is 26.3 Å². The molecule has 0 unspecified atom stereocenters. The molecule has 0 amide bonds. The lowest BCUT2D eigenvalue weighted by Crippen LogP contribution is -1.98. The summed E-state index contributed by atoms with van der Waals surface area (Å²) in [4.78, 5) is 0. The van der Waals surface area contributed by atoms with Crippen LogP contribution in [-0.4, -0.2) is 0 Å². The molecular formula is C10H13BrN. The zero-order valence-corrected chi connectivity index (χ0v) is 8.98. The van der Waals surface area contributed by atoms with E-state index in [1.165, 1.54) is 5.56 Å². The Morgan fingerprint density at radius 3 is 2.67 bits per heavy atom. The molecule has 1 nitrogen and oxygen atoms in total. The van der Waals surface area contributed by atoms with Crippen LogP contribution in [0.4, 0.5) is 0 Å². The third-order valence-corrected chi connectivity index (χ3v) is 2.23. The number of halogens is 1. The highest BCUT2D eigenvalue weighted by molar-refractivity contribution is 9.10. The summed E-state index contributed by atoms with van der Waals surface area (Å²) in [5.74, 6) is 0.543. The first-order valence-corrected chi connectivity index (χ1v) is 4.84. The van der Waals surface area contributed by atoms with Gasteiger partial charge in [-0.1, -0.05) is 35.8 Å². The summed E-state index contributed by atoms with van der Waals surface area (Å²) in [6.45, 7) is 4.89. The topological polar surface area (TPSA) is 26.0 Å². The van der Waals surface area contributed by atoms with E-state index >= 15 is 0 Å². The van der Waals surface area contributed by atoms with Gasteiger partial charge in [-0.25, -0.2) is 0 Å². The Labute approximate surface area is 82.1 Å². The van der Waals surface area contributed by atoms with E-state index in [9.17, 15) is 0 Å². The third kappa shape index (κ3) is 2.32. The van der Waals surface area contributed by atoms with Gasteiger partial charge in [-0.3, -0.25) is 0 Å². The average Bonchev–Trinajstić information content (AvgIpc) is 2.03. The van der Waals surface area contributed by atoms with Gasteiger partial charge in [-0.2, -0.15) is 0 Å². The van der Waals surface area contributed by atoms with Crippen molar-refractivity contribution in [2.75, 3.05) is 0 Å². The molecule has 0 aromatic heterocycles. The van der Waals surface area contributed by atoms with E-state index < -0.39 is 0 Å². The molecule has 0 aliphatic heterocycles. The highest BCUT2D eigenvalue weighted by Crippen LogP contribution is 2.20. The van der Waals surface area contributed by atoms with Crippen molar-refractivity contribution in [3.05, 3.63) is 33.8 Å². The maximum atomic E-state index is 5.54. The van der Waals surface area contributed by atoms with Gasteiger partial charge in [0.05, 0.1) is 0 Å². The first kappa shape index (κ1) is 9.75. The molecule has 0 saturated heterocycles. The molecule has 1 aromatic carbocycles. The summed E-state index contributed by atoms with van der Waals surface area (Å²) < 4.78 is 0.995. The van der Waals surface area contributed by atoms with E-state index in [1.807, 2.05) is 0 Å². The van der Waals surface area contributed by atoms with Crippen molar-refractivity contribution in [2.24, 2.45) is 5.73 Å². The van der Waals surface area contributed by atoms with Crippen LogP contribution in [0.5, 0.6) is 0 Å². The standard InChI is InChI=1S/C10H13BrN/c1-7(2)9-3-8(6-12)4-10(11)5-9/h3,5,7H,6,12H2,1-2H3. The normalized spacial score (nSPS) is 10.8. The Morgan fingerprint density at radius 1 is 1.50 bits per heavy atom. The maximum Gasteiger partial charge on any atom is 0.0260 e. The van der Waals surface area contributed by atoms with Gasteiger partial charge in [-0.15, -0.1) is 0 Å². The van der Waals surface area contributed by atoms with E-state index in [1.54, 1.807) is 0 Å². The Morgan fingerprint density at radius 2 is 2.17 bits per heavy atom. The second kappa shape index (κ2) is 4.06. The van der Waals surface area contributed by atoms with Crippen LogP contribution >= 0.6 is 15.9 Å². The van der Waals surface area contributed by atoms with Crippen LogP contribution in [0.1, 0.15) is 30.9 Å². The molecule has 0 aliphatic rings. The smallest absolute Gasteiger partial charge is 0.0260 e. The molecule has 1 aromatic rings. The zero-order chi connectivity index (χ0) is 9.14. The van der Waals surface area contributed by atoms with Gasteiger partial charge in [-0.05, 0) is 23.1 Å². The molecule has 0 heterocycles. The predicted octanol–water partition coefficient (Wildman–Crippen LogP) is 2.83. The summed E-state index contributed by atoms with van der Waals surface area (Å²) >= 11 is 3.41. The average molecular weight is 227 g/mol. The predicted molar refractivity (Wildman–Crippen MR) is 55.0 cm³/mol. The number of hydrogen-bond donors (Lipinski definition) is 1. The molecular weight excluding hydrogens is 214 g/mol. The lowest BCUT2D eigenvalue weighted by molar-refractivity contribution is 0.859. The molecule has 1 radical (unpaired) electrons. The zero-order valence-electron chi connectivity index (χ0n) is 7.39. The summed E-state index contributed by atoms with van der Waals surface area (Å²) in [7, 11) is 0. The number of rotatable bonds is 2. The fourth-order valence-corrected chi connectivity index (χ4v) is 1.58. The van der Waals surface area contributed by atoms with Crippen molar-refractivity contribution >= 4 is 15.9 Å². The van der Waals surface area contributed by atoms with Crippen LogP contribution in [0.25, 0.3) is 0 Å². The van der Waals surface area contributed by atoms with E-state index in [-0.39, 0.29) is 0 Å². The molecule has 65 valence electrons. The molecule has 2 N–H and O–H groups in total.